The first-order valence-corrected chi connectivity index (χ1v) is 8.50. The Kier molecular flexibility index (Phi) is 5.78. The lowest BCUT2D eigenvalue weighted by Crippen LogP contribution is -2.26. The van der Waals surface area contributed by atoms with Gasteiger partial charge in [-0.25, -0.2) is 4.98 Å². The molecule has 1 aromatic carbocycles. The van der Waals surface area contributed by atoms with Gasteiger partial charge in [0.25, 0.3) is 0 Å². The van der Waals surface area contributed by atoms with E-state index in [-0.39, 0.29) is 5.95 Å². The molecule has 0 spiro atoms. The molecule has 0 aliphatic heterocycles. The van der Waals surface area contributed by atoms with Crippen molar-refractivity contribution in [2.24, 2.45) is 0 Å². The topological polar surface area (TPSA) is 47.0 Å². The molecule has 1 unspecified atom stereocenters. The first-order chi connectivity index (χ1) is 12.0. The van der Waals surface area contributed by atoms with Gasteiger partial charge in [0, 0.05) is 11.9 Å². The van der Waals surface area contributed by atoms with Crippen LogP contribution < -0.4 is 10.1 Å². The summed E-state index contributed by atoms with van der Waals surface area (Å²) < 4.78 is 44.9. The van der Waals surface area contributed by atoms with E-state index in [4.69, 9.17) is 4.74 Å². The minimum Gasteiger partial charge on any atom is -0.471 e. The Balaban J connectivity index is 2.28. The highest BCUT2D eigenvalue weighted by Crippen LogP contribution is 2.36. The van der Waals surface area contributed by atoms with Crippen LogP contribution in [0.15, 0.2) is 30.5 Å². The van der Waals surface area contributed by atoms with Crippen LogP contribution in [0, 0.1) is 0 Å². The van der Waals surface area contributed by atoms with E-state index in [0.29, 0.717) is 11.6 Å². The molecule has 26 heavy (non-hydrogen) atoms. The number of nitrogens with one attached hydrogen (secondary N) is 1. The van der Waals surface area contributed by atoms with Crippen molar-refractivity contribution in [1.82, 2.24) is 9.97 Å². The van der Waals surface area contributed by atoms with Crippen molar-refractivity contribution >= 4 is 11.6 Å². The smallest absolute Gasteiger partial charge is 0.423 e. The van der Waals surface area contributed by atoms with E-state index >= 15 is 0 Å². The molecule has 7 heteroatoms. The van der Waals surface area contributed by atoms with Crippen LogP contribution in [0.5, 0.6) is 5.88 Å². The standard InChI is InChI=1S/C19H24F3N3O/c1-6-12(2)13-7-9-14(10-8-13)24-17-23-11-15(19(20,21)22)16(25-17)26-18(3,4)5/h7-12H,6H2,1-5H3,(H,23,24,25). The third-order valence-electron chi connectivity index (χ3n) is 3.81. The van der Waals surface area contributed by atoms with E-state index in [1.54, 1.807) is 20.8 Å². The van der Waals surface area contributed by atoms with Gasteiger partial charge in [-0.15, -0.1) is 0 Å². The van der Waals surface area contributed by atoms with E-state index in [0.717, 1.165) is 12.6 Å². The van der Waals surface area contributed by atoms with Gasteiger partial charge < -0.3 is 10.1 Å². The molecule has 0 amide bonds. The summed E-state index contributed by atoms with van der Waals surface area (Å²) in [6.45, 7) is 9.24. The van der Waals surface area contributed by atoms with Crippen LogP contribution in [0.1, 0.15) is 58.1 Å². The lowest BCUT2D eigenvalue weighted by molar-refractivity contribution is -0.140. The van der Waals surface area contributed by atoms with Crippen LogP contribution >= 0.6 is 0 Å². The maximum atomic E-state index is 13.2. The Bertz CT molecular complexity index is 737. The molecule has 142 valence electrons. The van der Waals surface area contributed by atoms with Crippen molar-refractivity contribution in [2.75, 3.05) is 5.32 Å². The van der Waals surface area contributed by atoms with E-state index in [1.165, 1.54) is 5.56 Å². The van der Waals surface area contributed by atoms with Crippen LogP contribution in [-0.4, -0.2) is 15.6 Å². The molecule has 1 heterocycles. The summed E-state index contributed by atoms with van der Waals surface area (Å²) in [6, 6.07) is 7.67. The molecule has 0 saturated heterocycles. The average Bonchev–Trinajstić information content (AvgIpc) is 2.52. The molecule has 2 aromatic rings. The molecular formula is C19H24F3N3O. The summed E-state index contributed by atoms with van der Waals surface area (Å²) in [5.74, 6) is 0.00502. The molecule has 2 rings (SSSR count). The highest BCUT2D eigenvalue weighted by Gasteiger charge is 2.37. The molecule has 1 atom stereocenters. The molecule has 0 radical (unpaired) electrons. The Morgan fingerprint density at radius 3 is 2.23 bits per heavy atom. The Labute approximate surface area is 151 Å². The van der Waals surface area contributed by atoms with Crippen molar-refractivity contribution in [1.29, 1.82) is 0 Å². The minimum atomic E-state index is -4.59. The molecule has 0 saturated carbocycles. The van der Waals surface area contributed by atoms with Gasteiger partial charge in [0.1, 0.15) is 11.2 Å². The van der Waals surface area contributed by atoms with Gasteiger partial charge in [-0.1, -0.05) is 26.0 Å². The van der Waals surface area contributed by atoms with Crippen LogP contribution in [0.3, 0.4) is 0 Å². The second kappa shape index (κ2) is 7.51. The van der Waals surface area contributed by atoms with Crippen molar-refractivity contribution < 1.29 is 17.9 Å². The first kappa shape index (κ1) is 20.0. The number of halogens is 3. The summed E-state index contributed by atoms with van der Waals surface area (Å²) in [4.78, 5) is 7.71. The fourth-order valence-electron chi connectivity index (χ4n) is 2.25. The van der Waals surface area contributed by atoms with E-state index in [1.807, 2.05) is 24.3 Å². The third-order valence-corrected chi connectivity index (χ3v) is 3.81. The molecule has 0 aliphatic carbocycles. The number of rotatable bonds is 5. The average molecular weight is 367 g/mol. The monoisotopic (exact) mass is 367 g/mol. The maximum absolute atomic E-state index is 13.2. The van der Waals surface area contributed by atoms with Gasteiger partial charge in [-0.3, -0.25) is 0 Å². The van der Waals surface area contributed by atoms with E-state index in [9.17, 15) is 13.2 Å². The quantitative estimate of drug-likeness (QED) is 0.711. The predicted molar refractivity (Wildman–Crippen MR) is 95.8 cm³/mol. The second-order valence-corrected chi connectivity index (χ2v) is 7.18. The lowest BCUT2D eigenvalue weighted by atomic mass is 9.99. The minimum absolute atomic E-state index is 0.0496. The predicted octanol–water partition coefficient (Wildman–Crippen LogP) is 5.93. The number of aromatic nitrogens is 2. The van der Waals surface area contributed by atoms with Gasteiger partial charge in [-0.05, 0) is 50.8 Å². The SMILES string of the molecule is CCC(C)c1ccc(Nc2ncc(C(F)(F)F)c(OC(C)(C)C)n2)cc1. The zero-order chi connectivity index (χ0) is 19.5. The van der Waals surface area contributed by atoms with Crippen LogP contribution in [0.4, 0.5) is 24.8 Å². The largest absolute Gasteiger partial charge is 0.471 e. The number of nitrogens with zero attached hydrogens (tertiary/aromatic N) is 2. The van der Waals surface area contributed by atoms with Crippen molar-refractivity contribution in [3.8, 4) is 5.88 Å². The van der Waals surface area contributed by atoms with Gasteiger partial charge in [0.05, 0.1) is 0 Å². The summed E-state index contributed by atoms with van der Waals surface area (Å²) in [5.41, 5.74) is 0.0792. The number of anilines is 2. The summed E-state index contributed by atoms with van der Waals surface area (Å²) in [6.07, 6.45) is -2.82. The van der Waals surface area contributed by atoms with Gasteiger partial charge in [0.2, 0.25) is 11.8 Å². The summed E-state index contributed by atoms with van der Waals surface area (Å²) >= 11 is 0. The van der Waals surface area contributed by atoms with Crippen LogP contribution in [-0.2, 0) is 6.18 Å². The fraction of sp³-hybridized carbons (Fsp3) is 0.474. The van der Waals surface area contributed by atoms with E-state index in [2.05, 4.69) is 29.1 Å². The van der Waals surface area contributed by atoms with E-state index < -0.39 is 23.2 Å². The lowest BCUT2D eigenvalue weighted by Gasteiger charge is -2.23. The number of alkyl halides is 3. The number of benzene rings is 1. The molecule has 0 fully saturated rings. The second-order valence-electron chi connectivity index (χ2n) is 7.18. The number of ether oxygens (including phenoxy) is 1. The Morgan fingerprint density at radius 2 is 1.73 bits per heavy atom. The molecule has 4 nitrogen and oxygen atoms in total. The normalized spacial score (nSPS) is 13.4. The molecular weight excluding hydrogens is 343 g/mol. The van der Waals surface area contributed by atoms with Gasteiger partial charge in [0.15, 0.2) is 0 Å². The first-order valence-electron chi connectivity index (χ1n) is 8.50. The van der Waals surface area contributed by atoms with Gasteiger partial charge >= 0.3 is 6.18 Å². The summed E-state index contributed by atoms with van der Waals surface area (Å²) in [5, 5.41) is 2.92. The molecule has 1 N–H and O–H groups in total. The van der Waals surface area contributed by atoms with Crippen molar-refractivity contribution in [2.45, 2.75) is 58.7 Å². The fourth-order valence-corrected chi connectivity index (χ4v) is 2.25. The highest BCUT2D eigenvalue weighted by atomic mass is 19.4. The zero-order valence-electron chi connectivity index (χ0n) is 15.6. The van der Waals surface area contributed by atoms with Crippen molar-refractivity contribution in [3.05, 3.63) is 41.6 Å². The Hall–Kier alpha value is -2.31. The Morgan fingerprint density at radius 1 is 1.12 bits per heavy atom. The molecule has 1 aromatic heterocycles. The van der Waals surface area contributed by atoms with Crippen molar-refractivity contribution in [3.63, 3.8) is 0 Å². The van der Waals surface area contributed by atoms with Crippen LogP contribution in [0.2, 0.25) is 0 Å². The zero-order valence-corrected chi connectivity index (χ0v) is 15.6. The number of hydrogen-bond donors (Lipinski definition) is 1. The number of hydrogen-bond acceptors (Lipinski definition) is 4. The highest BCUT2D eigenvalue weighted by molar-refractivity contribution is 5.54. The maximum Gasteiger partial charge on any atom is 0.423 e. The molecule has 0 aliphatic rings. The third kappa shape index (κ3) is 5.34. The summed E-state index contributed by atoms with van der Waals surface area (Å²) in [7, 11) is 0. The van der Waals surface area contributed by atoms with Gasteiger partial charge in [-0.2, -0.15) is 18.2 Å². The molecule has 0 bridgehead atoms. The van der Waals surface area contributed by atoms with Crippen LogP contribution in [0.25, 0.3) is 0 Å².